The molecule has 3 aromatic rings. The molecule has 0 unspecified atom stereocenters. The Bertz CT molecular complexity index is 1400. The maximum absolute atomic E-state index is 13.1. The third-order valence-electron chi connectivity index (χ3n) is 5.74. The number of carbonyl (C=O) groups excluding carboxylic acids is 3. The molecule has 2 aromatic carbocycles. The highest BCUT2D eigenvalue weighted by Crippen LogP contribution is 2.30. The molecule has 1 fully saturated rings. The predicted octanol–water partition coefficient (Wildman–Crippen LogP) is 4.76. The number of carbonyl (C=O) groups is 3. The largest absolute Gasteiger partial charge is 0.495 e. The molecule has 1 aromatic heterocycles. The van der Waals surface area contributed by atoms with Crippen LogP contribution in [0.3, 0.4) is 0 Å². The topological polar surface area (TPSA) is 147 Å². The average Bonchev–Trinajstić information content (AvgIpc) is 3.37. The number of hydrogen-bond donors (Lipinski definition) is 4. The van der Waals surface area contributed by atoms with Crippen molar-refractivity contribution in [3.05, 3.63) is 58.7 Å². The van der Waals surface area contributed by atoms with E-state index in [-0.39, 0.29) is 22.1 Å². The molecule has 2 heterocycles. The van der Waals surface area contributed by atoms with Crippen molar-refractivity contribution in [2.45, 2.75) is 26.4 Å². The van der Waals surface area contributed by atoms with Crippen molar-refractivity contribution in [1.82, 2.24) is 10.2 Å². The van der Waals surface area contributed by atoms with Gasteiger partial charge < -0.3 is 29.7 Å². The van der Waals surface area contributed by atoms with Crippen molar-refractivity contribution >= 4 is 52.4 Å². The molecular weight excluding hydrogens is 540 g/mol. The summed E-state index contributed by atoms with van der Waals surface area (Å²) >= 11 is 6.11. The first-order chi connectivity index (χ1) is 19.0. The molecule has 4 rings (SSSR count). The third kappa shape index (κ3) is 7.42. The lowest BCUT2D eigenvalue weighted by molar-refractivity contribution is 0.0635. The summed E-state index contributed by atoms with van der Waals surface area (Å²) in [6, 6.07) is 11.3. The Labute approximate surface area is 236 Å². The summed E-state index contributed by atoms with van der Waals surface area (Å²) in [5.74, 6) is -0.426. The number of aromatic nitrogens is 2. The highest BCUT2D eigenvalue weighted by atomic mass is 35.5. The van der Waals surface area contributed by atoms with Gasteiger partial charge >= 0.3 is 6.09 Å². The van der Waals surface area contributed by atoms with Crippen molar-refractivity contribution < 1.29 is 28.6 Å². The summed E-state index contributed by atoms with van der Waals surface area (Å²) < 4.78 is 15.9. The van der Waals surface area contributed by atoms with Gasteiger partial charge in [0.2, 0.25) is 0 Å². The number of hydrogen-bond acceptors (Lipinski definition) is 8. The number of benzene rings is 2. The Morgan fingerprint density at radius 3 is 2.40 bits per heavy atom. The highest BCUT2D eigenvalue weighted by Gasteiger charge is 2.21. The van der Waals surface area contributed by atoms with Gasteiger partial charge in [0.1, 0.15) is 17.0 Å². The van der Waals surface area contributed by atoms with Crippen molar-refractivity contribution in [3.63, 3.8) is 0 Å². The molecule has 0 atom stereocenters. The zero-order chi connectivity index (χ0) is 28.9. The number of rotatable bonds is 7. The molecule has 1 aliphatic rings. The van der Waals surface area contributed by atoms with Gasteiger partial charge in [-0.2, -0.15) is 5.10 Å². The van der Waals surface area contributed by atoms with Crippen molar-refractivity contribution in [2.24, 2.45) is 0 Å². The summed E-state index contributed by atoms with van der Waals surface area (Å²) in [7, 11) is 1.48. The van der Waals surface area contributed by atoms with Crippen molar-refractivity contribution in [3.8, 4) is 5.75 Å². The van der Waals surface area contributed by atoms with Gasteiger partial charge in [-0.3, -0.25) is 20.0 Å². The van der Waals surface area contributed by atoms with E-state index in [1.54, 1.807) is 45.0 Å². The van der Waals surface area contributed by atoms with Crippen molar-refractivity contribution in [2.75, 3.05) is 54.3 Å². The van der Waals surface area contributed by atoms with Crippen LogP contribution in [0.5, 0.6) is 5.75 Å². The summed E-state index contributed by atoms with van der Waals surface area (Å²) in [4.78, 5) is 40.3. The van der Waals surface area contributed by atoms with E-state index in [2.05, 4.69) is 31.0 Å². The Balaban J connectivity index is 1.49. The molecule has 0 saturated carbocycles. The van der Waals surface area contributed by atoms with Gasteiger partial charge in [-0.25, -0.2) is 4.79 Å². The number of aromatic amines is 1. The van der Waals surface area contributed by atoms with Gasteiger partial charge in [-0.1, -0.05) is 11.6 Å². The number of amides is 3. The fraction of sp³-hybridized carbons (Fsp3) is 0.333. The normalized spacial score (nSPS) is 13.4. The number of H-pyrrole nitrogens is 1. The van der Waals surface area contributed by atoms with Crippen LogP contribution in [0.25, 0.3) is 0 Å². The summed E-state index contributed by atoms with van der Waals surface area (Å²) in [6.45, 7) is 7.87. The van der Waals surface area contributed by atoms with Crippen LogP contribution < -0.4 is 25.6 Å². The fourth-order valence-electron chi connectivity index (χ4n) is 3.86. The molecule has 3 amide bonds. The average molecular weight is 571 g/mol. The number of halogens is 1. The summed E-state index contributed by atoms with van der Waals surface area (Å²) in [5, 5.41) is 15.0. The number of nitrogens with one attached hydrogen (secondary N) is 4. The summed E-state index contributed by atoms with van der Waals surface area (Å²) in [5.41, 5.74) is 1.24. The minimum atomic E-state index is -0.705. The van der Waals surface area contributed by atoms with E-state index in [1.165, 1.54) is 19.2 Å². The lowest BCUT2D eigenvalue weighted by Crippen LogP contribution is -2.36. The van der Waals surface area contributed by atoms with E-state index < -0.39 is 23.5 Å². The molecule has 12 nitrogen and oxygen atoms in total. The first-order valence-corrected chi connectivity index (χ1v) is 12.9. The minimum absolute atomic E-state index is 0.0866. The van der Waals surface area contributed by atoms with E-state index in [1.807, 2.05) is 6.07 Å². The zero-order valence-electron chi connectivity index (χ0n) is 22.6. The van der Waals surface area contributed by atoms with E-state index in [9.17, 15) is 14.4 Å². The molecule has 0 radical (unpaired) electrons. The second-order valence-electron chi connectivity index (χ2n) is 9.88. The van der Waals surface area contributed by atoms with Gasteiger partial charge in [-0.15, -0.1) is 0 Å². The van der Waals surface area contributed by atoms with Crippen molar-refractivity contribution in [1.29, 1.82) is 0 Å². The molecule has 0 aliphatic carbocycles. The van der Waals surface area contributed by atoms with Gasteiger partial charge in [0.05, 0.1) is 36.7 Å². The molecule has 1 saturated heterocycles. The van der Waals surface area contributed by atoms with Gasteiger partial charge in [-0.05, 0) is 57.2 Å². The van der Waals surface area contributed by atoms with Crippen LogP contribution in [0.15, 0.2) is 42.5 Å². The van der Waals surface area contributed by atoms with Gasteiger partial charge in [0.25, 0.3) is 11.8 Å². The van der Waals surface area contributed by atoms with Crippen LogP contribution in [0.4, 0.5) is 27.7 Å². The second kappa shape index (κ2) is 12.3. The van der Waals surface area contributed by atoms with Crippen LogP contribution in [-0.4, -0.2) is 67.1 Å². The number of ether oxygens (including phenoxy) is 3. The van der Waals surface area contributed by atoms with Gasteiger partial charge in [0.15, 0.2) is 5.82 Å². The number of methoxy groups -OCH3 is 1. The minimum Gasteiger partial charge on any atom is -0.495 e. The SMILES string of the molecule is COc1ccc(C(=O)Nc2cc(C(=O)Nc3ccc(N4CCOCC4)cc3NC(=O)OC(C)(C)C)[nH]n2)cc1Cl. The van der Waals surface area contributed by atoms with E-state index in [0.717, 1.165) is 5.69 Å². The molecule has 40 heavy (non-hydrogen) atoms. The second-order valence-corrected chi connectivity index (χ2v) is 10.3. The van der Waals surface area contributed by atoms with E-state index in [4.69, 9.17) is 25.8 Å². The third-order valence-corrected chi connectivity index (χ3v) is 6.04. The Morgan fingerprint density at radius 1 is 0.975 bits per heavy atom. The summed E-state index contributed by atoms with van der Waals surface area (Å²) in [6.07, 6.45) is -0.660. The number of anilines is 4. The lowest BCUT2D eigenvalue weighted by atomic mass is 10.2. The van der Waals surface area contributed by atoms with Crippen LogP contribution in [0.1, 0.15) is 41.6 Å². The van der Waals surface area contributed by atoms with Crippen LogP contribution in [0.2, 0.25) is 5.02 Å². The first-order valence-electron chi connectivity index (χ1n) is 12.5. The molecular formula is C27H31ClN6O6. The molecule has 212 valence electrons. The lowest BCUT2D eigenvalue weighted by Gasteiger charge is -2.29. The first kappa shape index (κ1) is 28.7. The monoisotopic (exact) mass is 570 g/mol. The Morgan fingerprint density at radius 2 is 1.73 bits per heavy atom. The predicted molar refractivity (Wildman–Crippen MR) is 152 cm³/mol. The van der Waals surface area contributed by atoms with E-state index in [0.29, 0.717) is 43.4 Å². The number of nitrogens with zero attached hydrogens (tertiary/aromatic N) is 2. The standard InChI is InChI=1S/C27H31ClN6O6/c1-27(2,3)40-26(37)30-20-14-17(34-9-11-39-12-10-34)6-7-19(20)29-25(36)21-15-23(33-32-21)31-24(35)16-5-8-22(38-4)18(28)13-16/h5-8,13-15H,9-12H2,1-4H3,(H,29,36)(H,30,37)(H2,31,32,33,35). The fourth-order valence-corrected chi connectivity index (χ4v) is 4.12. The molecule has 13 heteroatoms. The van der Waals surface area contributed by atoms with Crippen LogP contribution in [-0.2, 0) is 9.47 Å². The van der Waals surface area contributed by atoms with Crippen LogP contribution in [0, 0.1) is 0 Å². The van der Waals surface area contributed by atoms with E-state index >= 15 is 0 Å². The van der Waals surface area contributed by atoms with Crippen LogP contribution >= 0.6 is 11.6 Å². The zero-order valence-corrected chi connectivity index (χ0v) is 23.3. The Hall–Kier alpha value is -4.29. The maximum atomic E-state index is 13.1. The van der Waals surface area contributed by atoms with Gasteiger partial charge in [0, 0.05) is 30.4 Å². The molecule has 0 bridgehead atoms. The quantitative estimate of drug-likeness (QED) is 0.318. The molecule has 4 N–H and O–H groups in total. The maximum Gasteiger partial charge on any atom is 0.412 e. The number of morpholine rings is 1. The Kier molecular flexibility index (Phi) is 8.80. The highest BCUT2D eigenvalue weighted by molar-refractivity contribution is 6.32. The molecule has 1 aliphatic heterocycles. The smallest absolute Gasteiger partial charge is 0.412 e. The molecule has 0 spiro atoms.